The topological polar surface area (TPSA) is 121 Å². The maximum Gasteiger partial charge on any atom is 0.339 e. The van der Waals surface area contributed by atoms with Gasteiger partial charge in [0.1, 0.15) is 40.8 Å². The summed E-state index contributed by atoms with van der Waals surface area (Å²) in [5, 5.41) is 37.2. The second-order valence-electron chi connectivity index (χ2n) is 9.25. The first-order valence-electron chi connectivity index (χ1n) is 10.7. The van der Waals surface area contributed by atoms with Crippen LogP contribution in [0.2, 0.25) is 0 Å². The van der Waals surface area contributed by atoms with Gasteiger partial charge in [-0.15, -0.1) is 5.10 Å². The van der Waals surface area contributed by atoms with Crippen molar-refractivity contribution in [3.63, 3.8) is 0 Å². The molecule has 3 aromatic carbocycles. The van der Waals surface area contributed by atoms with Crippen LogP contribution in [-0.4, -0.2) is 31.2 Å². The third kappa shape index (κ3) is 4.69. The van der Waals surface area contributed by atoms with Gasteiger partial charge in [-0.1, -0.05) is 50.3 Å². The molecule has 0 atom stereocenters. The van der Waals surface area contributed by atoms with Crippen LogP contribution in [0.1, 0.15) is 42.3 Å². The van der Waals surface area contributed by atoms with Gasteiger partial charge in [-0.2, -0.15) is 5.26 Å². The predicted molar refractivity (Wildman–Crippen MR) is 127 cm³/mol. The quantitative estimate of drug-likeness (QED) is 0.419. The molecule has 0 saturated heterocycles. The van der Waals surface area contributed by atoms with Crippen LogP contribution in [0.4, 0.5) is 0 Å². The van der Waals surface area contributed by atoms with Gasteiger partial charge in [-0.3, -0.25) is 0 Å². The molecule has 4 rings (SSSR count). The lowest BCUT2D eigenvalue weighted by Crippen LogP contribution is -2.16. The first-order valence-corrected chi connectivity index (χ1v) is 10.7. The summed E-state index contributed by atoms with van der Waals surface area (Å²) < 4.78 is 7.77. The fourth-order valence-electron chi connectivity index (χ4n) is 3.70. The van der Waals surface area contributed by atoms with E-state index in [4.69, 9.17) is 4.74 Å². The number of benzene rings is 3. The highest BCUT2D eigenvalue weighted by atomic mass is 16.5. The summed E-state index contributed by atoms with van der Waals surface area (Å²) in [5.74, 6) is -1.06. The van der Waals surface area contributed by atoms with E-state index in [1.807, 2.05) is 30.3 Å². The van der Waals surface area contributed by atoms with Gasteiger partial charge in [-0.05, 0) is 52.4 Å². The highest BCUT2D eigenvalue weighted by Crippen LogP contribution is 2.30. The Balaban J connectivity index is 1.59. The van der Waals surface area contributed by atoms with E-state index < -0.39 is 5.97 Å². The number of hydrogen-bond donors (Lipinski definition) is 2. The van der Waals surface area contributed by atoms with Crippen LogP contribution < -0.4 is 4.74 Å². The molecule has 0 amide bonds. The van der Waals surface area contributed by atoms with E-state index in [0.29, 0.717) is 28.9 Å². The molecule has 0 radical (unpaired) electrons. The number of carboxylic acid groups (broad SMARTS) is 1. The summed E-state index contributed by atoms with van der Waals surface area (Å²) in [7, 11) is 0. The van der Waals surface area contributed by atoms with Crippen molar-refractivity contribution < 1.29 is 19.7 Å². The van der Waals surface area contributed by atoms with Crippen molar-refractivity contribution in [1.29, 1.82) is 5.26 Å². The van der Waals surface area contributed by atoms with Gasteiger partial charge < -0.3 is 14.9 Å². The fraction of sp³-hybridized carbons (Fsp3) is 0.231. The van der Waals surface area contributed by atoms with Crippen molar-refractivity contribution in [2.24, 2.45) is 5.41 Å². The van der Waals surface area contributed by atoms with Crippen molar-refractivity contribution in [3.8, 4) is 28.7 Å². The number of nitrogens with zero attached hydrogens (tertiary/aromatic N) is 4. The van der Waals surface area contributed by atoms with E-state index in [1.165, 1.54) is 12.1 Å². The second kappa shape index (κ2) is 8.87. The number of aromatic nitrogens is 3. The Bertz CT molecular complexity index is 1430. The Hall–Kier alpha value is -4.38. The van der Waals surface area contributed by atoms with E-state index in [0.717, 1.165) is 16.6 Å². The molecule has 1 heterocycles. The Morgan fingerprint density at radius 2 is 1.88 bits per heavy atom. The van der Waals surface area contributed by atoms with Crippen molar-refractivity contribution in [2.45, 2.75) is 33.9 Å². The minimum atomic E-state index is -1.20. The molecular formula is C26H24N4O4. The average molecular weight is 457 g/mol. The third-order valence-corrected chi connectivity index (χ3v) is 5.27. The lowest BCUT2D eigenvalue weighted by Gasteiger charge is -2.18. The number of carbonyl (C=O) groups is 1. The highest BCUT2D eigenvalue weighted by molar-refractivity contribution is 5.92. The minimum Gasteiger partial charge on any atom is -0.507 e. The van der Waals surface area contributed by atoms with E-state index >= 15 is 0 Å². The molecule has 4 aromatic rings. The van der Waals surface area contributed by atoms with Gasteiger partial charge in [0.25, 0.3) is 0 Å². The fourth-order valence-corrected chi connectivity index (χ4v) is 3.70. The number of carboxylic acids is 1. The summed E-state index contributed by atoms with van der Waals surface area (Å²) in [4.78, 5) is 11.3. The summed E-state index contributed by atoms with van der Waals surface area (Å²) >= 11 is 0. The monoisotopic (exact) mass is 456 g/mol. The highest BCUT2D eigenvalue weighted by Gasteiger charge is 2.18. The molecule has 0 aliphatic heterocycles. The largest absolute Gasteiger partial charge is 0.507 e. The molecule has 8 nitrogen and oxygen atoms in total. The number of aromatic hydroxyl groups is 1. The maximum absolute atomic E-state index is 11.3. The zero-order valence-electron chi connectivity index (χ0n) is 19.1. The molecule has 0 unspecified atom stereocenters. The first-order chi connectivity index (χ1) is 16.2. The summed E-state index contributed by atoms with van der Waals surface area (Å²) in [6.45, 7) is 7.20. The molecule has 0 fully saturated rings. The number of phenols is 1. The SMILES string of the molecule is CC(C)(C)Cn1nnc2c(C#N)c(OCc3cccc(-c4ccc(O)c(C(=O)O)c4)c3)ccc21. The third-order valence-electron chi connectivity index (χ3n) is 5.27. The second-order valence-corrected chi connectivity index (χ2v) is 9.25. The molecule has 0 aliphatic rings. The standard InChI is InChI=1S/C26H24N4O4/c1-26(2,3)15-30-21-8-10-23(20(13-27)24(21)28-29-30)34-14-16-5-4-6-17(11-16)18-7-9-22(31)19(12-18)25(32)33/h4-12,31H,14-15H2,1-3H3,(H,32,33). The van der Waals surface area contributed by atoms with Gasteiger partial charge in [-0.25, -0.2) is 9.48 Å². The molecule has 172 valence electrons. The predicted octanol–water partition coefficient (Wildman–Crippen LogP) is 5.00. The zero-order valence-corrected chi connectivity index (χ0v) is 19.1. The average Bonchev–Trinajstić information content (AvgIpc) is 3.18. The summed E-state index contributed by atoms with van der Waals surface area (Å²) in [5.41, 5.74) is 3.74. The number of nitriles is 1. The van der Waals surface area contributed by atoms with Crippen LogP contribution in [0.5, 0.6) is 11.5 Å². The van der Waals surface area contributed by atoms with Crippen LogP contribution in [-0.2, 0) is 13.2 Å². The minimum absolute atomic E-state index is 0.0103. The van der Waals surface area contributed by atoms with Gasteiger partial charge in [0.05, 0.1) is 5.52 Å². The molecule has 34 heavy (non-hydrogen) atoms. The first kappa shape index (κ1) is 22.8. The van der Waals surface area contributed by atoms with Crippen LogP contribution in [0.25, 0.3) is 22.2 Å². The maximum atomic E-state index is 11.3. The summed E-state index contributed by atoms with van der Waals surface area (Å²) in [6, 6.07) is 17.7. The molecule has 0 saturated carbocycles. The zero-order chi connectivity index (χ0) is 24.5. The molecule has 1 aromatic heterocycles. The van der Waals surface area contributed by atoms with Crippen molar-refractivity contribution in [2.75, 3.05) is 0 Å². The molecule has 0 bridgehead atoms. The number of ether oxygens (including phenoxy) is 1. The van der Waals surface area contributed by atoms with E-state index in [-0.39, 0.29) is 23.3 Å². The number of hydrogen-bond acceptors (Lipinski definition) is 6. The van der Waals surface area contributed by atoms with Gasteiger partial charge in [0, 0.05) is 6.54 Å². The Morgan fingerprint density at radius 3 is 2.59 bits per heavy atom. The van der Waals surface area contributed by atoms with Gasteiger partial charge in [0.15, 0.2) is 0 Å². The van der Waals surface area contributed by atoms with Crippen molar-refractivity contribution >= 4 is 17.0 Å². The summed E-state index contributed by atoms with van der Waals surface area (Å²) in [6.07, 6.45) is 0. The van der Waals surface area contributed by atoms with E-state index in [1.54, 1.807) is 16.8 Å². The lowest BCUT2D eigenvalue weighted by molar-refractivity contribution is 0.0693. The van der Waals surface area contributed by atoms with Crippen LogP contribution in [0, 0.1) is 16.7 Å². The van der Waals surface area contributed by atoms with E-state index in [2.05, 4.69) is 37.2 Å². The lowest BCUT2D eigenvalue weighted by atomic mass is 9.97. The van der Waals surface area contributed by atoms with Gasteiger partial charge >= 0.3 is 5.97 Å². The number of aromatic carboxylic acids is 1. The molecular weight excluding hydrogens is 432 g/mol. The van der Waals surface area contributed by atoms with Crippen LogP contribution >= 0.6 is 0 Å². The van der Waals surface area contributed by atoms with Crippen LogP contribution in [0.15, 0.2) is 54.6 Å². The molecule has 2 N–H and O–H groups in total. The van der Waals surface area contributed by atoms with Crippen molar-refractivity contribution in [1.82, 2.24) is 15.0 Å². The number of fused-ring (bicyclic) bond motifs is 1. The van der Waals surface area contributed by atoms with E-state index in [9.17, 15) is 20.3 Å². The molecule has 8 heteroatoms. The Kier molecular flexibility index (Phi) is 5.95. The van der Waals surface area contributed by atoms with Gasteiger partial charge in [0.2, 0.25) is 0 Å². The molecule has 0 spiro atoms. The van der Waals surface area contributed by atoms with Crippen molar-refractivity contribution in [3.05, 3.63) is 71.3 Å². The Labute approximate surface area is 196 Å². The Morgan fingerprint density at radius 1 is 1.12 bits per heavy atom. The molecule has 0 aliphatic carbocycles. The van der Waals surface area contributed by atoms with Crippen LogP contribution in [0.3, 0.4) is 0 Å². The smallest absolute Gasteiger partial charge is 0.339 e. The number of rotatable bonds is 6. The normalized spacial score (nSPS) is 11.4.